The lowest BCUT2D eigenvalue weighted by atomic mass is 10.1. The lowest BCUT2D eigenvalue weighted by molar-refractivity contribution is 0.136. The van der Waals surface area contributed by atoms with Gasteiger partial charge in [-0.15, -0.1) is 0 Å². The van der Waals surface area contributed by atoms with Crippen molar-refractivity contribution in [3.8, 4) is 0 Å². The Morgan fingerprint density at radius 2 is 2.04 bits per heavy atom. The van der Waals surface area contributed by atoms with Crippen LogP contribution in [0.2, 0.25) is 0 Å². The first-order valence-electron chi connectivity index (χ1n) is 8.52. The molecule has 1 aromatic carbocycles. The van der Waals surface area contributed by atoms with Crippen molar-refractivity contribution >= 4 is 17.9 Å². The number of rotatable bonds is 4. The molecule has 3 rings (SSSR count). The first-order valence-corrected chi connectivity index (χ1v) is 8.52. The largest absolute Gasteiger partial charge is 0.465 e. The van der Waals surface area contributed by atoms with Crippen LogP contribution in [0.5, 0.6) is 0 Å². The van der Waals surface area contributed by atoms with Crippen LogP contribution in [0.4, 0.5) is 15.3 Å². The molecule has 136 valence electrons. The topological polar surface area (TPSA) is 91.8 Å². The minimum Gasteiger partial charge on any atom is -0.465 e. The quantitative estimate of drug-likeness (QED) is 0.876. The highest BCUT2D eigenvalue weighted by atomic mass is 16.5. The molecule has 7 heteroatoms. The third-order valence-electron chi connectivity index (χ3n) is 4.28. The molecule has 0 bridgehead atoms. The molecule has 0 saturated heterocycles. The number of ether oxygens (including phenoxy) is 1. The Morgan fingerprint density at radius 1 is 1.27 bits per heavy atom. The Kier molecular flexibility index (Phi) is 5.36. The maximum Gasteiger partial charge on any atom is 0.411 e. The van der Waals surface area contributed by atoms with Gasteiger partial charge in [-0.2, -0.15) is 0 Å². The number of pyridine rings is 1. The molecule has 0 aliphatic carbocycles. The van der Waals surface area contributed by atoms with E-state index in [1.807, 2.05) is 37.3 Å². The van der Waals surface area contributed by atoms with Crippen molar-refractivity contribution in [2.24, 2.45) is 0 Å². The van der Waals surface area contributed by atoms with Crippen LogP contribution in [0.25, 0.3) is 0 Å². The highest BCUT2D eigenvalue weighted by molar-refractivity contribution is 5.87. The third kappa shape index (κ3) is 4.11. The van der Waals surface area contributed by atoms with E-state index in [-0.39, 0.29) is 12.6 Å². The zero-order chi connectivity index (χ0) is 18.5. The Balaban J connectivity index is 1.62. The SMILES string of the molecule is CC(NC(=O)OCc1ccccc1)c1ccc2c(n1)CCCN2C(=O)O. The molecule has 0 spiro atoms. The molecule has 2 amide bonds. The second-order valence-corrected chi connectivity index (χ2v) is 6.17. The summed E-state index contributed by atoms with van der Waals surface area (Å²) in [6.45, 7) is 2.49. The summed E-state index contributed by atoms with van der Waals surface area (Å²) < 4.78 is 5.22. The van der Waals surface area contributed by atoms with Crippen molar-refractivity contribution in [3.63, 3.8) is 0 Å². The van der Waals surface area contributed by atoms with E-state index >= 15 is 0 Å². The van der Waals surface area contributed by atoms with Crippen LogP contribution in [0.1, 0.15) is 36.3 Å². The molecule has 0 saturated carbocycles. The van der Waals surface area contributed by atoms with Gasteiger partial charge >= 0.3 is 12.2 Å². The lowest BCUT2D eigenvalue weighted by Crippen LogP contribution is -2.35. The number of carboxylic acid groups (broad SMARTS) is 1. The minimum atomic E-state index is -0.976. The summed E-state index contributed by atoms with van der Waals surface area (Å²) in [6.07, 6.45) is -0.0429. The van der Waals surface area contributed by atoms with Gasteiger partial charge in [-0.3, -0.25) is 9.88 Å². The fraction of sp³-hybridized carbons (Fsp3) is 0.316. The monoisotopic (exact) mass is 355 g/mol. The van der Waals surface area contributed by atoms with Gasteiger partial charge in [0, 0.05) is 6.54 Å². The van der Waals surface area contributed by atoms with Gasteiger partial charge in [0.25, 0.3) is 0 Å². The van der Waals surface area contributed by atoms with Crippen LogP contribution in [0.3, 0.4) is 0 Å². The summed E-state index contributed by atoms with van der Waals surface area (Å²) in [5, 5.41) is 12.0. The number of alkyl carbamates (subject to hydrolysis) is 1. The second kappa shape index (κ2) is 7.86. The van der Waals surface area contributed by atoms with Gasteiger partial charge in [-0.1, -0.05) is 30.3 Å². The average molecular weight is 355 g/mol. The van der Waals surface area contributed by atoms with Crippen LogP contribution < -0.4 is 10.2 Å². The van der Waals surface area contributed by atoms with Crippen LogP contribution in [0.15, 0.2) is 42.5 Å². The van der Waals surface area contributed by atoms with Crippen LogP contribution in [0, 0.1) is 0 Å². The van der Waals surface area contributed by atoms with Crippen molar-refractivity contribution in [3.05, 3.63) is 59.4 Å². The number of anilines is 1. The summed E-state index contributed by atoms with van der Waals surface area (Å²) in [5.74, 6) is 0. The number of aromatic nitrogens is 1. The average Bonchev–Trinajstić information content (AvgIpc) is 2.66. The smallest absolute Gasteiger partial charge is 0.411 e. The van der Waals surface area contributed by atoms with Crippen LogP contribution in [-0.2, 0) is 17.8 Å². The number of hydrogen-bond donors (Lipinski definition) is 2. The normalized spacial score (nSPS) is 14.3. The van der Waals surface area contributed by atoms with E-state index in [1.165, 1.54) is 4.90 Å². The zero-order valence-electron chi connectivity index (χ0n) is 14.5. The van der Waals surface area contributed by atoms with Gasteiger partial charge in [0.05, 0.1) is 23.1 Å². The van der Waals surface area contributed by atoms with Crippen molar-refractivity contribution in [1.29, 1.82) is 0 Å². The van der Waals surface area contributed by atoms with Gasteiger partial charge in [0.1, 0.15) is 6.61 Å². The number of nitrogens with zero attached hydrogens (tertiary/aromatic N) is 2. The number of benzene rings is 1. The summed E-state index contributed by atoms with van der Waals surface area (Å²) in [4.78, 5) is 29.1. The van der Waals surface area contributed by atoms with Crippen LogP contribution >= 0.6 is 0 Å². The van der Waals surface area contributed by atoms with Crippen molar-refractivity contribution in [2.45, 2.75) is 32.4 Å². The summed E-state index contributed by atoms with van der Waals surface area (Å²) >= 11 is 0. The molecule has 1 aliphatic rings. The molecule has 2 N–H and O–H groups in total. The Bertz CT molecular complexity index is 795. The third-order valence-corrected chi connectivity index (χ3v) is 4.28. The second-order valence-electron chi connectivity index (χ2n) is 6.17. The fourth-order valence-corrected chi connectivity index (χ4v) is 2.92. The molecule has 0 fully saturated rings. The van der Waals surface area contributed by atoms with E-state index in [9.17, 15) is 14.7 Å². The number of carbonyl (C=O) groups is 2. The Hall–Kier alpha value is -3.09. The van der Waals surface area contributed by atoms with Gasteiger partial charge in [0.15, 0.2) is 0 Å². The van der Waals surface area contributed by atoms with Crippen LogP contribution in [-0.4, -0.2) is 28.8 Å². The summed E-state index contributed by atoms with van der Waals surface area (Å²) in [6, 6.07) is 12.6. The first-order chi connectivity index (χ1) is 12.5. The molecule has 1 aromatic heterocycles. The van der Waals surface area contributed by atoms with E-state index in [4.69, 9.17) is 4.74 Å². The predicted octanol–water partition coefficient (Wildman–Crippen LogP) is 3.50. The van der Waals surface area contributed by atoms with E-state index < -0.39 is 12.2 Å². The van der Waals surface area contributed by atoms with Gasteiger partial charge in [0.2, 0.25) is 0 Å². The molecule has 2 aromatic rings. The van der Waals surface area contributed by atoms with Crippen molar-refractivity contribution in [2.75, 3.05) is 11.4 Å². The van der Waals surface area contributed by atoms with Gasteiger partial charge < -0.3 is 15.2 Å². The van der Waals surface area contributed by atoms with Crippen molar-refractivity contribution < 1.29 is 19.4 Å². The number of aryl methyl sites for hydroxylation is 1. The van der Waals surface area contributed by atoms with E-state index in [0.29, 0.717) is 17.9 Å². The van der Waals surface area contributed by atoms with E-state index in [2.05, 4.69) is 10.3 Å². The fourth-order valence-electron chi connectivity index (χ4n) is 2.92. The number of fused-ring (bicyclic) bond motifs is 1. The van der Waals surface area contributed by atoms with Gasteiger partial charge in [-0.05, 0) is 37.5 Å². The summed E-state index contributed by atoms with van der Waals surface area (Å²) in [5.41, 5.74) is 2.94. The first kappa shape index (κ1) is 17.7. The zero-order valence-corrected chi connectivity index (χ0v) is 14.5. The Morgan fingerprint density at radius 3 is 2.77 bits per heavy atom. The number of nitrogens with one attached hydrogen (secondary N) is 1. The molecule has 1 aliphatic heterocycles. The van der Waals surface area contributed by atoms with Crippen molar-refractivity contribution in [1.82, 2.24) is 10.3 Å². The van der Waals surface area contributed by atoms with E-state index in [1.54, 1.807) is 12.1 Å². The molecule has 26 heavy (non-hydrogen) atoms. The summed E-state index contributed by atoms with van der Waals surface area (Å²) in [7, 11) is 0. The highest BCUT2D eigenvalue weighted by Crippen LogP contribution is 2.27. The number of amides is 2. The molecule has 1 atom stereocenters. The number of carbonyl (C=O) groups excluding carboxylic acids is 1. The predicted molar refractivity (Wildman–Crippen MR) is 96.1 cm³/mol. The maximum absolute atomic E-state index is 12.0. The molecule has 7 nitrogen and oxygen atoms in total. The number of hydrogen-bond acceptors (Lipinski definition) is 4. The maximum atomic E-state index is 12.0. The molecule has 1 unspecified atom stereocenters. The van der Waals surface area contributed by atoms with E-state index in [0.717, 1.165) is 24.1 Å². The van der Waals surface area contributed by atoms with Gasteiger partial charge in [-0.25, -0.2) is 9.59 Å². The molecule has 0 radical (unpaired) electrons. The molecular formula is C19H21N3O4. The Labute approximate surface area is 151 Å². The standard InChI is InChI=1S/C19H21N3O4/c1-13(20-18(23)26-12-14-6-3-2-4-7-14)15-9-10-17-16(21-15)8-5-11-22(17)19(24)25/h2-4,6-7,9-10,13H,5,8,11-12H2,1H3,(H,20,23)(H,24,25). The minimum absolute atomic E-state index is 0.199. The molecule has 2 heterocycles. The molecular weight excluding hydrogens is 334 g/mol. The lowest BCUT2D eigenvalue weighted by Gasteiger charge is -2.27. The highest BCUT2D eigenvalue weighted by Gasteiger charge is 2.24.